The van der Waals surface area contributed by atoms with E-state index in [1.54, 1.807) is 0 Å². The molecule has 1 aliphatic heterocycles. The predicted octanol–water partition coefficient (Wildman–Crippen LogP) is 5.48. The van der Waals surface area contributed by atoms with Gasteiger partial charge in [0.25, 0.3) is 5.91 Å². The monoisotopic (exact) mass is 399 g/mol. The third kappa shape index (κ3) is 3.02. The lowest BCUT2D eigenvalue weighted by atomic mass is 9.96. The Morgan fingerprint density at radius 2 is 1.55 bits per heavy atom. The van der Waals surface area contributed by atoms with Crippen LogP contribution in [0.3, 0.4) is 0 Å². The minimum atomic E-state index is -0.305. The SMILES string of the molecule is O=C1c2[nH]nc(-c3ccccc3)c2C(c2ccccc2Cl)N1Cc1ccccc1. The first kappa shape index (κ1) is 17.7. The summed E-state index contributed by atoms with van der Waals surface area (Å²) in [6.07, 6.45) is 0. The second-order valence-corrected chi connectivity index (χ2v) is 7.48. The quantitative estimate of drug-likeness (QED) is 0.494. The summed E-state index contributed by atoms with van der Waals surface area (Å²) in [4.78, 5) is 15.2. The number of fused-ring (bicyclic) bond motifs is 1. The van der Waals surface area contributed by atoms with Crippen molar-refractivity contribution in [3.05, 3.63) is 112 Å². The van der Waals surface area contributed by atoms with Gasteiger partial charge in [0.15, 0.2) is 0 Å². The molecule has 4 nitrogen and oxygen atoms in total. The van der Waals surface area contributed by atoms with Gasteiger partial charge < -0.3 is 4.90 Å². The van der Waals surface area contributed by atoms with Gasteiger partial charge >= 0.3 is 0 Å². The highest BCUT2D eigenvalue weighted by Gasteiger charge is 2.42. The minimum Gasteiger partial charge on any atom is -0.322 e. The molecule has 5 heteroatoms. The van der Waals surface area contributed by atoms with Gasteiger partial charge in [-0.3, -0.25) is 9.89 Å². The van der Waals surface area contributed by atoms with E-state index in [9.17, 15) is 4.79 Å². The van der Waals surface area contributed by atoms with Crippen LogP contribution >= 0.6 is 11.6 Å². The standard InChI is InChI=1S/C24H18ClN3O/c25-19-14-8-7-13-18(19)23-20-21(17-11-5-2-6-12-17)26-27-22(20)24(29)28(23)15-16-9-3-1-4-10-16/h1-14,23H,15H2,(H,26,27). The maximum Gasteiger partial charge on any atom is 0.273 e. The van der Waals surface area contributed by atoms with Gasteiger partial charge in [-0.15, -0.1) is 0 Å². The summed E-state index contributed by atoms with van der Waals surface area (Å²) in [5.41, 5.74) is 5.13. The van der Waals surface area contributed by atoms with E-state index in [2.05, 4.69) is 10.2 Å². The van der Waals surface area contributed by atoms with Crippen molar-refractivity contribution in [3.8, 4) is 11.3 Å². The van der Waals surface area contributed by atoms with Gasteiger partial charge in [0.1, 0.15) is 5.69 Å². The second-order valence-electron chi connectivity index (χ2n) is 7.07. The van der Waals surface area contributed by atoms with Crippen molar-refractivity contribution in [1.29, 1.82) is 0 Å². The molecule has 0 saturated heterocycles. The first-order valence-corrected chi connectivity index (χ1v) is 9.85. The number of aromatic amines is 1. The van der Waals surface area contributed by atoms with E-state index in [1.165, 1.54) is 0 Å². The molecular formula is C24H18ClN3O. The highest BCUT2D eigenvalue weighted by atomic mass is 35.5. The molecule has 1 aromatic heterocycles. The summed E-state index contributed by atoms with van der Waals surface area (Å²) in [5, 5.41) is 8.11. The van der Waals surface area contributed by atoms with E-state index in [4.69, 9.17) is 11.6 Å². The lowest BCUT2D eigenvalue weighted by Crippen LogP contribution is -2.29. The predicted molar refractivity (Wildman–Crippen MR) is 114 cm³/mol. The Hall–Kier alpha value is -3.37. The molecule has 142 valence electrons. The number of nitrogens with one attached hydrogen (secondary N) is 1. The van der Waals surface area contributed by atoms with Crippen LogP contribution in [0.25, 0.3) is 11.3 Å². The highest BCUT2D eigenvalue weighted by Crippen LogP contribution is 2.45. The van der Waals surface area contributed by atoms with Gasteiger partial charge in [0.2, 0.25) is 0 Å². The molecule has 0 saturated carbocycles. The third-order valence-electron chi connectivity index (χ3n) is 5.31. The van der Waals surface area contributed by atoms with Crippen LogP contribution < -0.4 is 0 Å². The number of carbonyl (C=O) groups excluding carboxylic acids is 1. The highest BCUT2D eigenvalue weighted by molar-refractivity contribution is 6.31. The van der Waals surface area contributed by atoms with Gasteiger partial charge in [-0.2, -0.15) is 5.10 Å². The number of hydrogen-bond acceptors (Lipinski definition) is 2. The minimum absolute atomic E-state index is 0.0662. The van der Waals surface area contributed by atoms with E-state index in [-0.39, 0.29) is 11.9 Å². The fourth-order valence-corrected chi connectivity index (χ4v) is 4.22. The summed E-state index contributed by atoms with van der Waals surface area (Å²) in [7, 11) is 0. The van der Waals surface area contributed by atoms with Crippen LogP contribution in [0.1, 0.15) is 33.2 Å². The van der Waals surface area contributed by atoms with E-state index >= 15 is 0 Å². The number of hydrogen-bond donors (Lipinski definition) is 1. The van der Waals surface area contributed by atoms with E-state index in [0.29, 0.717) is 17.3 Å². The fraction of sp³-hybridized carbons (Fsp3) is 0.0833. The molecule has 0 radical (unpaired) electrons. The van der Waals surface area contributed by atoms with Crippen molar-refractivity contribution in [2.24, 2.45) is 0 Å². The Kier molecular flexibility index (Phi) is 4.41. The van der Waals surface area contributed by atoms with Gasteiger partial charge in [0, 0.05) is 22.7 Å². The van der Waals surface area contributed by atoms with Crippen molar-refractivity contribution in [2.45, 2.75) is 12.6 Å². The zero-order chi connectivity index (χ0) is 19.8. The van der Waals surface area contributed by atoms with Crippen molar-refractivity contribution >= 4 is 17.5 Å². The van der Waals surface area contributed by atoms with Crippen LogP contribution in [0.4, 0.5) is 0 Å². The van der Waals surface area contributed by atoms with Crippen LogP contribution in [0.15, 0.2) is 84.9 Å². The topological polar surface area (TPSA) is 49.0 Å². The largest absolute Gasteiger partial charge is 0.322 e. The van der Waals surface area contributed by atoms with E-state index < -0.39 is 0 Å². The van der Waals surface area contributed by atoms with Crippen molar-refractivity contribution in [2.75, 3.05) is 0 Å². The third-order valence-corrected chi connectivity index (χ3v) is 5.65. The van der Waals surface area contributed by atoms with Gasteiger partial charge in [-0.25, -0.2) is 0 Å². The molecule has 0 bridgehead atoms. The summed E-state index contributed by atoms with van der Waals surface area (Å²) < 4.78 is 0. The molecule has 0 fully saturated rings. The molecule has 1 aliphatic rings. The molecular weight excluding hydrogens is 382 g/mol. The van der Waals surface area contributed by atoms with Crippen molar-refractivity contribution in [1.82, 2.24) is 15.1 Å². The zero-order valence-electron chi connectivity index (χ0n) is 15.5. The summed E-state index contributed by atoms with van der Waals surface area (Å²) in [5.74, 6) is -0.0662. The number of benzene rings is 3. The molecule has 29 heavy (non-hydrogen) atoms. The van der Waals surface area contributed by atoms with Crippen LogP contribution in [0.2, 0.25) is 5.02 Å². The Morgan fingerprint density at radius 1 is 0.897 bits per heavy atom. The first-order chi connectivity index (χ1) is 14.2. The normalized spacial score (nSPS) is 15.6. The molecule has 0 spiro atoms. The number of halogens is 1. The number of rotatable bonds is 4. The molecule has 5 rings (SSSR count). The van der Waals surface area contributed by atoms with Crippen LogP contribution in [-0.2, 0) is 6.54 Å². The fourth-order valence-electron chi connectivity index (χ4n) is 3.98. The molecule has 1 unspecified atom stereocenters. The first-order valence-electron chi connectivity index (χ1n) is 9.47. The molecule has 0 aliphatic carbocycles. The van der Waals surface area contributed by atoms with Gasteiger partial charge in [0.05, 0.1) is 11.7 Å². The zero-order valence-corrected chi connectivity index (χ0v) is 16.3. The molecule has 1 N–H and O–H groups in total. The van der Waals surface area contributed by atoms with Crippen LogP contribution in [-0.4, -0.2) is 21.0 Å². The van der Waals surface area contributed by atoms with Crippen molar-refractivity contribution < 1.29 is 4.79 Å². The smallest absolute Gasteiger partial charge is 0.273 e. The second kappa shape index (κ2) is 7.22. The van der Waals surface area contributed by atoms with E-state index in [1.807, 2.05) is 89.8 Å². The maximum absolute atomic E-state index is 13.4. The summed E-state index contributed by atoms with van der Waals surface area (Å²) in [6, 6.07) is 27.3. The van der Waals surface area contributed by atoms with Crippen LogP contribution in [0.5, 0.6) is 0 Å². The molecule has 2 heterocycles. The summed E-state index contributed by atoms with van der Waals surface area (Å²) >= 11 is 6.58. The molecule has 1 amide bonds. The number of amides is 1. The number of aromatic nitrogens is 2. The lowest BCUT2D eigenvalue weighted by Gasteiger charge is -2.27. The Balaban J connectivity index is 1.68. The average Bonchev–Trinajstić information content (AvgIpc) is 3.30. The number of carbonyl (C=O) groups is 1. The van der Waals surface area contributed by atoms with Gasteiger partial charge in [-0.1, -0.05) is 90.5 Å². The van der Waals surface area contributed by atoms with Crippen molar-refractivity contribution in [3.63, 3.8) is 0 Å². The summed E-state index contributed by atoms with van der Waals surface area (Å²) in [6.45, 7) is 0.492. The lowest BCUT2D eigenvalue weighted by molar-refractivity contribution is 0.0730. The van der Waals surface area contributed by atoms with Gasteiger partial charge in [-0.05, 0) is 17.2 Å². The maximum atomic E-state index is 13.4. The van der Waals surface area contributed by atoms with Crippen LogP contribution in [0, 0.1) is 0 Å². The molecule has 4 aromatic rings. The number of H-pyrrole nitrogens is 1. The number of nitrogens with zero attached hydrogens (tertiary/aromatic N) is 2. The molecule has 1 atom stereocenters. The molecule has 3 aromatic carbocycles. The average molecular weight is 400 g/mol. The van der Waals surface area contributed by atoms with E-state index in [0.717, 1.165) is 27.9 Å². The Labute approximate surface area is 173 Å². The Morgan fingerprint density at radius 3 is 2.28 bits per heavy atom. The Bertz CT molecular complexity index is 1170.